The Morgan fingerprint density at radius 3 is 2.80 bits per heavy atom. The van der Waals surface area contributed by atoms with Gasteiger partial charge in [-0.25, -0.2) is 0 Å². The van der Waals surface area contributed by atoms with Gasteiger partial charge in [-0.2, -0.15) is 0 Å². The first-order valence-corrected chi connectivity index (χ1v) is 7.29. The van der Waals surface area contributed by atoms with Gasteiger partial charge in [-0.3, -0.25) is 14.5 Å². The fourth-order valence-corrected chi connectivity index (χ4v) is 2.86. The molecule has 0 saturated carbocycles. The Morgan fingerprint density at radius 1 is 1.40 bits per heavy atom. The normalized spacial score (nSPS) is 18.8. The monoisotopic (exact) mass is 291 g/mol. The predicted octanol–water partition coefficient (Wildman–Crippen LogP) is 3.53. The maximum atomic E-state index is 12.3. The van der Waals surface area contributed by atoms with E-state index < -0.39 is 0 Å². The molecule has 1 atom stereocenters. The molecule has 0 N–H and O–H groups in total. The van der Waals surface area contributed by atoms with Gasteiger partial charge >= 0.3 is 0 Å². The summed E-state index contributed by atoms with van der Waals surface area (Å²) in [6.07, 6.45) is 2.49. The average molecular weight is 291 g/mol. The topological polar surface area (TPSA) is 46.6 Å². The van der Waals surface area contributed by atoms with Gasteiger partial charge in [0, 0.05) is 6.04 Å². The third-order valence-corrected chi connectivity index (χ3v) is 4.13. The van der Waals surface area contributed by atoms with E-state index in [9.17, 15) is 9.59 Å². The highest BCUT2D eigenvalue weighted by Gasteiger charge is 2.37. The van der Waals surface area contributed by atoms with Gasteiger partial charge in [0.25, 0.3) is 11.1 Å². The summed E-state index contributed by atoms with van der Waals surface area (Å²) < 4.78 is 5.15. The number of hydrogen-bond acceptors (Lipinski definition) is 4. The highest BCUT2D eigenvalue weighted by molar-refractivity contribution is 8.18. The predicted molar refractivity (Wildman–Crippen MR) is 80.6 cm³/mol. The largest absolute Gasteiger partial charge is 0.497 e. The number of imide groups is 1. The molecule has 20 heavy (non-hydrogen) atoms. The maximum absolute atomic E-state index is 12.3. The van der Waals surface area contributed by atoms with Crippen LogP contribution in [0.5, 0.6) is 5.75 Å². The number of methoxy groups -OCH3 is 1. The van der Waals surface area contributed by atoms with E-state index in [1.807, 2.05) is 38.1 Å². The number of benzene rings is 1. The van der Waals surface area contributed by atoms with Crippen LogP contribution in [0, 0.1) is 0 Å². The van der Waals surface area contributed by atoms with Crippen LogP contribution in [0.4, 0.5) is 4.79 Å². The van der Waals surface area contributed by atoms with Gasteiger partial charge < -0.3 is 4.74 Å². The summed E-state index contributed by atoms with van der Waals surface area (Å²) in [5, 5.41) is -0.196. The van der Waals surface area contributed by atoms with Gasteiger partial charge in [0.1, 0.15) is 5.75 Å². The molecule has 2 rings (SSSR count). The van der Waals surface area contributed by atoms with Crippen LogP contribution in [0.25, 0.3) is 6.08 Å². The van der Waals surface area contributed by atoms with Crippen molar-refractivity contribution in [2.24, 2.45) is 0 Å². The Morgan fingerprint density at radius 2 is 2.15 bits per heavy atom. The van der Waals surface area contributed by atoms with E-state index in [4.69, 9.17) is 4.74 Å². The van der Waals surface area contributed by atoms with Crippen LogP contribution in [0.15, 0.2) is 29.2 Å². The molecular weight excluding hydrogens is 274 g/mol. The summed E-state index contributed by atoms with van der Waals surface area (Å²) >= 11 is 0.992. The summed E-state index contributed by atoms with van der Waals surface area (Å²) in [6.45, 7) is 3.84. The van der Waals surface area contributed by atoms with Crippen molar-refractivity contribution >= 4 is 29.0 Å². The smallest absolute Gasteiger partial charge is 0.293 e. The molecule has 2 amide bonds. The van der Waals surface area contributed by atoms with Crippen molar-refractivity contribution in [3.05, 3.63) is 34.7 Å². The van der Waals surface area contributed by atoms with Gasteiger partial charge in [-0.05, 0) is 48.9 Å². The van der Waals surface area contributed by atoms with Gasteiger partial charge in [-0.15, -0.1) is 0 Å². The molecule has 0 aliphatic carbocycles. The van der Waals surface area contributed by atoms with Crippen LogP contribution in [0.1, 0.15) is 25.8 Å². The van der Waals surface area contributed by atoms with Crippen molar-refractivity contribution in [1.82, 2.24) is 4.90 Å². The summed E-state index contributed by atoms with van der Waals surface area (Å²) in [4.78, 5) is 26.0. The highest BCUT2D eigenvalue weighted by Crippen LogP contribution is 2.34. The molecule has 1 fully saturated rings. The second-order valence-corrected chi connectivity index (χ2v) is 5.58. The lowest BCUT2D eigenvalue weighted by Crippen LogP contribution is -2.36. The van der Waals surface area contributed by atoms with Crippen molar-refractivity contribution in [1.29, 1.82) is 0 Å². The molecule has 4 nitrogen and oxygen atoms in total. The van der Waals surface area contributed by atoms with Crippen LogP contribution in [0.3, 0.4) is 0 Å². The van der Waals surface area contributed by atoms with Gasteiger partial charge in [0.05, 0.1) is 12.0 Å². The standard InChI is InChI=1S/C15H17NO3S/c1-4-10(2)16-14(17)13(20-15(16)18)9-11-6-5-7-12(8-11)19-3/h5-10H,4H2,1-3H3. The number of thioether (sulfide) groups is 1. The van der Waals surface area contributed by atoms with E-state index in [1.54, 1.807) is 13.2 Å². The van der Waals surface area contributed by atoms with Crippen LogP contribution in [-0.2, 0) is 4.79 Å². The average Bonchev–Trinajstić information content (AvgIpc) is 2.73. The molecule has 106 valence electrons. The SMILES string of the molecule is CCC(C)N1C(=O)SC(=Cc2cccc(OC)c2)C1=O. The second-order valence-electron chi connectivity index (χ2n) is 4.59. The molecule has 1 unspecified atom stereocenters. The minimum Gasteiger partial charge on any atom is -0.497 e. The van der Waals surface area contributed by atoms with Gasteiger partial charge in [0.15, 0.2) is 0 Å². The van der Waals surface area contributed by atoms with Crippen molar-refractivity contribution < 1.29 is 14.3 Å². The van der Waals surface area contributed by atoms with E-state index in [0.29, 0.717) is 4.91 Å². The molecule has 0 bridgehead atoms. The molecule has 1 aliphatic rings. The summed E-state index contributed by atoms with van der Waals surface area (Å²) in [5.41, 5.74) is 0.846. The Balaban J connectivity index is 2.27. The first kappa shape index (κ1) is 14.7. The Kier molecular flexibility index (Phi) is 4.49. The van der Waals surface area contributed by atoms with Gasteiger partial charge in [0.2, 0.25) is 0 Å². The third-order valence-electron chi connectivity index (χ3n) is 3.25. The van der Waals surface area contributed by atoms with Gasteiger partial charge in [-0.1, -0.05) is 19.1 Å². The highest BCUT2D eigenvalue weighted by atomic mass is 32.2. The third kappa shape index (κ3) is 2.88. The summed E-state index contributed by atoms with van der Waals surface area (Å²) in [5.74, 6) is 0.511. The molecule has 0 radical (unpaired) electrons. The molecule has 1 aromatic rings. The van der Waals surface area contributed by atoms with Crippen molar-refractivity contribution in [2.75, 3.05) is 7.11 Å². The number of amides is 2. The molecule has 0 aromatic heterocycles. The zero-order chi connectivity index (χ0) is 14.7. The number of rotatable bonds is 4. The number of nitrogens with zero attached hydrogens (tertiary/aromatic N) is 1. The molecule has 0 spiro atoms. The maximum Gasteiger partial charge on any atom is 0.293 e. The minimum absolute atomic E-state index is 0.0706. The fourth-order valence-electron chi connectivity index (χ4n) is 1.93. The lowest BCUT2D eigenvalue weighted by atomic mass is 10.2. The summed E-state index contributed by atoms with van der Waals surface area (Å²) in [6, 6.07) is 7.32. The number of carbonyl (C=O) groups excluding carboxylic acids is 2. The quantitative estimate of drug-likeness (QED) is 0.796. The van der Waals surface area contributed by atoms with Crippen LogP contribution < -0.4 is 4.74 Å². The number of carbonyl (C=O) groups is 2. The molecule has 1 aromatic carbocycles. The van der Waals surface area contributed by atoms with Crippen LogP contribution >= 0.6 is 11.8 Å². The van der Waals surface area contributed by atoms with E-state index in [-0.39, 0.29) is 17.2 Å². The van der Waals surface area contributed by atoms with E-state index >= 15 is 0 Å². The molecule has 5 heteroatoms. The molecule has 1 aliphatic heterocycles. The Bertz CT molecular complexity index is 568. The van der Waals surface area contributed by atoms with Crippen molar-refractivity contribution in [3.63, 3.8) is 0 Å². The van der Waals surface area contributed by atoms with Crippen LogP contribution in [0.2, 0.25) is 0 Å². The van der Waals surface area contributed by atoms with E-state index in [1.165, 1.54) is 4.90 Å². The van der Waals surface area contributed by atoms with Crippen LogP contribution in [-0.4, -0.2) is 29.2 Å². The van der Waals surface area contributed by atoms with E-state index in [0.717, 1.165) is 29.5 Å². The number of hydrogen-bond donors (Lipinski definition) is 0. The lowest BCUT2D eigenvalue weighted by molar-refractivity contribution is -0.124. The first-order valence-electron chi connectivity index (χ1n) is 6.48. The first-order chi connectivity index (χ1) is 9.56. The lowest BCUT2D eigenvalue weighted by Gasteiger charge is -2.19. The minimum atomic E-state index is -0.211. The zero-order valence-electron chi connectivity index (χ0n) is 11.8. The fraction of sp³-hybridized carbons (Fsp3) is 0.333. The van der Waals surface area contributed by atoms with Crippen molar-refractivity contribution in [2.45, 2.75) is 26.3 Å². The van der Waals surface area contributed by atoms with E-state index in [2.05, 4.69) is 0 Å². The van der Waals surface area contributed by atoms with Crippen molar-refractivity contribution in [3.8, 4) is 5.75 Å². The molecule has 1 heterocycles. The number of ether oxygens (including phenoxy) is 1. The molecular formula is C15H17NO3S. The Labute approximate surface area is 122 Å². The Hall–Kier alpha value is -1.75. The summed E-state index contributed by atoms with van der Waals surface area (Å²) in [7, 11) is 1.59. The zero-order valence-corrected chi connectivity index (χ0v) is 12.6. The second kappa shape index (κ2) is 6.13. The molecule has 1 saturated heterocycles.